The molecule has 0 aliphatic carbocycles. The monoisotopic (exact) mass is 418 g/mol. The number of halogens is 1. The highest BCUT2D eigenvalue weighted by molar-refractivity contribution is 6.30. The van der Waals surface area contributed by atoms with Crippen LogP contribution in [0.4, 0.5) is 0 Å². The van der Waals surface area contributed by atoms with Gasteiger partial charge in [-0.15, -0.1) is 0 Å². The number of amides is 1. The van der Waals surface area contributed by atoms with Crippen LogP contribution in [0.5, 0.6) is 0 Å². The van der Waals surface area contributed by atoms with E-state index in [1.807, 2.05) is 6.92 Å². The lowest BCUT2D eigenvalue weighted by atomic mass is 9.99. The number of nitrogens with zero attached hydrogens (tertiary/aromatic N) is 2. The Morgan fingerprint density at radius 1 is 1.14 bits per heavy atom. The van der Waals surface area contributed by atoms with Crippen molar-refractivity contribution >= 4 is 29.3 Å². The molecule has 6 nitrogen and oxygen atoms in total. The maximum atomic E-state index is 13.3. The van der Waals surface area contributed by atoms with Gasteiger partial charge in [0.2, 0.25) is 0 Å². The number of carbonyl (C=O) groups is 3. The van der Waals surface area contributed by atoms with Gasteiger partial charge in [-0.2, -0.15) is 0 Å². The molecule has 156 valence electrons. The number of aromatic nitrogens is 1. The Kier molecular flexibility index (Phi) is 7.25. The molecule has 1 heterocycles. The molecule has 0 saturated heterocycles. The van der Waals surface area contributed by atoms with E-state index in [1.165, 1.54) is 4.90 Å². The van der Waals surface area contributed by atoms with Crippen LogP contribution in [-0.2, 0) is 11.3 Å². The molecule has 2 aromatic rings. The van der Waals surface area contributed by atoms with Gasteiger partial charge >= 0.3 is 5.97 Å². The maximum absolute atomic E-state index is 13.3. The van der Waals surface area contributed by atoms with E-state index in [1.54, 1.807) is 63.6 Å². The molecule has 1 amide bonds. The van der Waals surface area contributed by atoms with E-state index in [0.717, 1.165) is 0 Å². The van der Waals surface area contributed by atoms with E-state index in [9.17, 15) is 14.4 Å². The number of hydrogen-bond acceptors (Lipinski definition) is 4. The Labute approximate surface area is 176 Å². The minimum absolute atomic E-state index is 0.220. The van der Waals surface area contributed by atoms with Crippen molar-refractivity contribution < 1.29 is 19.1 Å². The maximum Gasteiger partial charge on any atom is 0.355 e. The van der Waals surface area contributed by atoms with Crippen LogP contribution < -0.4 is 0 Å². The smallest absolute Gasteiger partial charge is 0.355 e. The molecule has 7 heteroatoms. The molecule has 0 saturated carbocycles. The second-order valence-electron chi connectivity index (χ2n) is 6.86. The summed E-state index contributed by atoms with van der Waals surface area (Å²) in [6, 6.07) is 5.81. The molecule has 29 heavy (non-hydrogen) atoms. The zero-order valence-corrected chi connectivity index (χ0v) is 18.5. The van der Waals surface area contributed by atoms with Crippen LogP contribution in [0, 0.1) is 13.8 Å². The first kappa shape index (κ1) is 22.7. The predicted molar refractivity (Wildman–Crippen MR) is 113 cm³/mol. The van der Waals surface area contributed by atoms with Gasteiger partial charge in [0.1, 0.15) is 5.69 Å². The largest absolute Gasteiger partial charge is 0.461 e. The van der Waals surface area contributed by atoms with Crippen LogP contribution in [0.3, 0.4) is 0 Å². The van der Waals surface area contributed by atoms with Crippen molar-refractivity contribution in [1.29, 1.82) is 0 Å². The molecule has 1 unspecified atom stereocenters. The molecule has 0 aliphatic rings. The van der Waals surface area contributed by atoms with E-state index in [0.29, 0.717) is 39.6 Å². The number of carbonyl (C=O) groups excluding carboxylic acids is 3. The summed E-state index contributed by atoms with van der Waals surface area (Å²) in [5.74, 6) is -0.951. The number of Topliss-reactive ketones (excluding diaryl/α,β-unsaturated/α-hetero) is 1. The molecule has 1 aromatic heterocycles. The van der Waals surface area contributed by atoms with Crippen LogP contribution in [-0.4, -0.2) is 46.8 Å². The first-order valence-electron chi connectivity index (χ1n) is 9.59. The van der Waals surface area contributed by atoms with E-state index >= 15 is 0 Å². The summed E-state index contributed by atoms with van der Waals surface area (Å²) in [5, 5.41) is 0.534. The van der Waals surface area contributed by atoms with E-state index in [2.05, 4.69) is 0 Å². The number of esters is 1. The normalized spacial score (nSPS) is 11.8. The van der Waals surface area contributed by atoms with Gasteiger partial charge in [-0.25, -0.2) is 4.79 Å². The molecule has 1 atom stereocenters. The van der Waals surface area contributed by atoms with Crippen LogP contribution >= 0.6 is 11.6 Å². The predicted octanol–water partition coefficient (Wildman–Crippen LogP) is 4.30. The third kappa shape index (κ3) is 4.37. The van der Waals surface area contributed by atoms with Crippen molar-refractivity contribution in [3.63, 3.8) is 0 Å². The van der Waals surface area contributed by atoms with Crippen molar-refractivity contribution in [2.75, 3.05) is 13.7 Å². The summed E-state index contributed by atoms with van der Waals surface area (Å²) < 4.78 is 6.95. The van der Waals surface area contributed by atoms with Crippen LogP contribution in [0.1, 0.15) is 63.2 Å². The molecule has 1 aromatic carbocycles. The third-order valence-electron chi connectivity index (χ3n) is 5.17. The molecular formula is C22H27ClN2O4. The fourth-order valence-corrected chi connectivity index (χ4v) is 3.60. The SMILES string of the molecule is CCOC(=O)c1c(C)c(C(=O)C(C)N(C)C(=O)c2ccc(Cl)cc2)c(C)n1CC. The highest BCUT2D eigenvalue weighted by Crippen LogP contribution is 2.26. The summed E-state index contributed by atoms with van der Waals surface area (Å²) in [5.41, 5.74) is 2.56. The van der Waals surface area contributed by atoms with Gasteiger partial charge in [0, 0.05) is 35.4 Å². The summed E-state index contributed by atoms with van der Waals surface area (Å²) in [4.78, 5) is 39.9. The van der Waals surface area contributed by atoms with Gasteiger partial charge in [0.05, 0.1) is 12.6 Å². The first-order valence-corrected chi connectivity index (χ1v) is 9.97. The Bertz CT molecular complexity index is 931. The average molecular weight is 419 g/mol. The summed E-state index contributed by atoms with van der Waals surface area (Å²) in [6.45, 7) is 9.66. The number of likely N-dealkylation sites (N-methyl/N-ethyl adjacent to an activating group) is 1. The average Bonchev–Trinajstić information content (AvgIpc) is 2.96. The van der Waals surface area contributed by atoms with Gasteiger partial charge in [0.15, 0.2) is 5.78 Å². The number of ketones is 1. The van der Waals surface area contributed by atoms with Crippen molar-refractivity contribution in [1.82, 2.24) is 9.47 Å². The van der Waals surface area contributed by atoms with Crippen LogP contribution in [0.25, 0.3) is 0 Å². The zero-order valence-electron chi connectivity index (χ0n) is 17.7. The molecule has 0 N–H and O–H groups in total. The van der Waals surface area contributed by atoms with Crippen molar-refractivity contribution in [2.24, 2.45) is 0 Å². The minimum atomic E-state index is -0.710. The number of benzene rings is 1. The fraction of sp³-hybridized carbons (Fsp3) is 0.409. The molecule has 0 spiro atoms. The zero-order chi connectivity index (χ0) is 21.9. The van der Waals surface area contributed by atoms with Crippen molar-refractivity contribution in [2.45, 2.75) is 47.2 Å². The lowest BCUT2D eigenvalue weighted by Crippen LogP contribution is -2.40. The quantitative estimate of drug-likeness (QED) is 0.496. The number of rotatable bonds is 7. The van der Waals surface area contributed by atoms with Gasteiger partial charge in [-0.1, -0.05) is 11.6 Å². The molecule has 0 bridgehead atoms. The Balaban J connectivity index is 2.39. The van der Waals surface area contributed by atoms with Crippen molar-refractivity contribution in [3.8, 4) is 0 Å². The summed E-state index contributed by atoms with van der Waals surface area (Å²) >= 11 is 5.88. The highest BCUT2D eigenvalue weighted by Gasteiger charge is 2.31. The molecule has 0 radical (unpaired) electrons. The Morgan fingerprint density at radius 3 is 2.24 bits per heavy atom. The third-order valence-corrected chi connectivity index (χ3v) is 5.42. The van der Waals surface area contributed by atoms with Gasteiger partial charge < -0.3 is 14.2 Å². The van der Waals surface area contributed by atoms with Gasteiger partial charge in [0.25, 0.3) is 5.91 Å². The lowest BCUT2D eigenvalue weighted by Gasteiger charge is -2.24. The Morgan fingerprint density at radius 2 is 1.72 bits per heavy atom. The highest BCUT2D eigenvalue weighted by atomic mass is 35.5. The van der Waals surface area contributed by atoms with Gasteiger partial charge in [-0.3, -0.25) is 9.59 Å². The molecule has 0 fully saturated rings. The molecular weight excluding hydrogens is 392 g/mol. The Hall–Kier alpha value is -2.60. The van der Waals surface area contributed by atoms with Gasteiger partial charge in [-0.05, 0) is 64.4 Å². The fourth-order valence-electron chi connectivity index (χ4n) is 3.47. The first-order chi connectivity index (χ1) is 13.6. The summed E-state index contributed by atoms with van der Waals surface area (Å²) in [7, 11) is 1.59. The standard InChI is InChI=1S/C22H27ClN2O4/c1-7-25-14(4)18(13(3)19(25)22(28)29-8-2)20(26)15(5)24(6)21(27)16-9-11-17(23)12-10-16/h9-12,15H,7-8H2,1-6H3. The molecule has 2 rings (SSSR count). The second-order valence-corrected chi connectivity index (χ2v) is 7.30. The minimum Gasteiger partial charge on any atom is -0.461 e. The van der Waals surface area contributed by atoms with Crippen LogP contribution in [0.15, 0.2) is 24.3 Å². The van der Waals surface area contributed by atoms with Crippen LogP contribution in [0.2, 0.25) is 5.02 Å². The van der Waals surface area contributed by atoms with E-state index in [-0.39, 0.29) is 18.3 Å². The van der Waals surface area contributed by atoms with E-state index in [4.69, 9.17) is 16.3 Å². The lowest BCUT2D eigenvalue weighted by molar-refractivity contribution is 0.0512. The number of ether oxygens (including phenoxy) is 1. The molecule has 0 aliphatic heterocycles. The topological polar surface area (TPSA) is 68.6 Å². The number of hydrogen-bond donors (Lipinski definition) is 0. The summed E-state index contributed by atoms with van der Waals surface area (Å²) in [6.07, 6.45) is 0. The van der Waals surface area contributed by atoms with Crippen molar-refractivity contribution in [3.05, 3.63) is 57.4 Å². The second kappa shape index (κ2) is 9.27. The van der Waals surface area contributed by atoms with E-state index < -0.39 is 12.0 Å².